The summed E-state index contributed by atoms with van der Waals surface area (Å²) in [6, 6.07) is 4.82. The third-order valence-corrected chi connectivity index (χ3v) is 3.11. The fourth-order valence-corrected chi connectivity index (χ4v) is 1.95. The molecule has 0 saturated heterocycles. The zero-order valence-corrected chi connectivity index (χ0v) is 11.5. The average molecular weight is 308 g/mol. The van der Waals surface area contributed by atoms with Crippen molar-refractivity contribution in [3.63, 3.8) is 0 Å². The molecule has 0 radical (unpaired) electrons. The summed E-state index contributed by atoms with van der Waals surface area (Å²) in [6.07, 6.45) is -1.23. The van der Waals surface area contributed by atoms with Crippen LogP contribution in [0.5, 0.6) is 0 Å². The van der Waals surface area contributed by atoms with Crippen LogP contribution in [0, 0.1) is 6.92 Å². The Morgan fingerprint density at radius 2 is 2.00 bits per heavy atom. The fourth-order valence-electron chi connectivity index (χ4n) is 1.95. The Hall–Kier alpha value is -2.71. The molecule has 22 heavy (non-hydrogen) atoms. The minimum Gasteiger partial charge on any atom is -0.365 e. The molecule has 0 fully saturated rings. The van der Waals surface area contributed by atoms with Crippen molar-refractivity contribution in [3.05, 3.63) is 47.5 Å². The molecule has 0 aliphatic heterocycles. The lowest BCUT2D eigenvalue weighted by Crippen LogP contribution is -2.13. The molecular formula is C13H11F3N6. The van der Waals surface area contributed by atoms with Crippen molar-refractivity contribution in [1.29, 1.82) is 0 Å². The Bertz CT molecular complexity index is 811. The van der Waals surface area contributed by atoms with Crippen LogP contribution < -0.4 is 5.32 Å². The van der Waals surface area contributed by atoms with Crippen molar-refractivity contribution in [2.24, 2.45) is 0 Å². The number of nitrogens with zero attached hydrogens (tertiary/aromatic N) is 5. The van der Waals surface area contributed by atoms with Gasteiger partial charge in [-0.25, -0.2) is 0 Å². The van der Waals surface area contributed by atoms with Gasteiger partial charge in [-0.15, -0.1) is 15.3 Å². The van der Waals surface area contributed by atoms with Crippen LogP contribution in [-0.2, 0) is 12.7 Å². The van der Waals surface area contributed by atoms with Crippen molar-refractivity contribution >= 4 is 11.5 Å². The summed E-state index contributed by atoms with van der Waals surface area (Å²) in [5, 5.41) is 13.5. The number of fused-ring (bicyclic) bond motifs is 1. The predicted molar refractivity (Wildman–Crippen MR) is 72.1 cm³/mol. The van der Waals surface area contributed by atoms with Crippen LogP contribution in [0.3, 0.4) is 0 Å². The lowest BCUT2D eigenvalue weighted by molar-refractivity contribution is -0.146. The van der Waals surface area contributed by atoms with Gasteiger partial charge in [-0.2, -0.15) is 17.7 Å². The highest BCUT2D eigenvalue weighted by atomic mass is 19.4. The van der Waals surface area contributed by atoms with E-state index >= 15 is 0 Å². The molecule has 1 N–H and O–H groups in total. The number of pyridine rings is 1. The molecule has 3 aromatic rings. The van der Waals surface area contributed by atoms with Gasteiger partial charge in [-0.1, -0.05) is 0 Å². The molecule has 0 spiro atoms. The number of hydrogen-bond donors (Lipinski definition) is 1. The zero-order chi connectivity index (χ0) is 15.7. The van der Waals surface area contributed by atoms with E-state index in [1.165, 1.54) is 6.07 Å². The van der Waals surface area contributed by atoms with E-state index in [-0.39, 0.29) is 5.65 Å². The summed E-state index contributed by atoms with van der Waals surface area (Å²) in [4.78, 5) is 3.98. The van der Waals surface area contributed by atoms with Gasteiger partial charge >= 0.3 is 6.18 Å². The molecule has 9 heteroatoms. The molecule has 0 aliphatic carbocycles. The first-order chi connectivity index (χ1) is 10.4. The van der Waals surface area contributed by atoms with Crippen LogP contribution in [0.15, 0.2) is 30.6 Å². The number of hydrogen-bond acceptors (Lipinski definition) is 5. The van der Waals surface area contributed by atoms with E-state index in [2.05, 4.69) is 25.6 Å². The minimum atomic E-state index is -4.60. The first kappa shape index (κ1) is 14.2. The van der Waals surface area contributed by atoms with Gasteiger partial charge in [0.05, 0.1) is 0 Å². The summed E-state index contributed by atoms with van der Waals surface area (Å²) < 4.78 is 39.1. The second-order valence-electron chi connectivity index (χ2n) is 4.67. The quantitative estimate of drug-likeness (QED) is 0.805. The number of aryl methyl sites for hydroxylation is 1. The molecule has 0 aromatic carbocycles. The monoisotopic (exact) mass is 308 g/mol. The van der Waals surface area contributed by atoms with Gasteiger partial charge < -0.3 is 5.32 Å². The number of anilines is 1. The standard InChI is InChI=1S/C13H11F3N6/c1-8-6-17-5-4-9(8)7-18-10-2-3-11-19-20-12(13(14,15)16)22(11)21-10/h2-6H,7H2,1H3,(H,18,21). The topological polar surface area (TPSA) is 68.0 Å². The lowest BCUT2D eigenvalue weighted by Gasteiger charge is -2.09. The van der Waals surface area contributed by atoms with Crippen LogP contribution >= 0.6 is 0 Å². The van der Waals surface area contributed by atoms with Gasteiger partial charge in [0, 0.05) is 18.9 Å². The van der Waals surface area contributed by atoms with Gasteiger partial charge in [0.2, 0.25) is 0 Å². The average Bonchev–Trinajstić information content (AvgIpc) is 2.89. The molecule has 6 nitrogen and oxygen atoms in total. The van der Waals surface area contributed by atoms with E-state index in [1.807, 2.05) is 13.0 Å². The highest BCUT2D eigenvalue weighted by molar-refractivity contribution is 5.44. The first-order valence-electron chi connectivity index (χ1n) is 6.38. The summed E-state index contributed by atoms with van der Waals surface area (Å²) in [6.45, 7) is 2.33. The van der Waals surface area contributed by atoms with E-state index in [0.717, 1.165) is 11.1 Å². The molecule has 0 aliphatic rings. The molecule has 0 unspecified atom stereocenters. The molecule has 3 aromatic heterocycles. The number of alkyl halides is 3. The van der Waals surface area contributed by atoms with Crippen LogP contribution in [0.2, 0.25) is 0 Å². The van der Waals surface area contributed by atoms with Crippen molar-refractivity contribution in [2.75, 3.05) is 5.32 Å². The third kappa shape index (κ3) is 2.69. The van der Waals surface area contributed by atoms with Crippen molar-refractivity contribution in [3.8, 4) is 0 Å². The molecule has 0 bridgehead atoms. The second-order valence-corrected chi connectivity index (χ2v) is 4.67. The fraction of sp³-hybridized carbons (Fsp3) is 0.231. The molecule has 0 saturated carbocycles. The summed E-state index contributed by atoms with van der Waals surface area (Å²) in [5.41, 5.74) is 2.01. The Kier molecular flexibility index (Phi) is 3.39. The molecule has 3 rings (SSSR count). The minimum absolute atomic E-state index is 0.0398. The maximum absolute atomic E-state index is 12.8. The van der Waals surface area contributed by atoms with Crippen molar-refractivity contribution in [1.82, 2.24) is 24.8 Å². The van der Waals surface area contributed by atoms with Gasteiger partial charge in [0.15, 0.2) is 5.65 Å². The predicted octanol–water partition coefficient (Wildman–Crippen LogP) is 2.46. The maximum atomic E-state index is 12.8. The van der Waals surface area contributed by atoms with Gasteiger partial charge in [-0.3, -0.25) is 4.98 Å². The lowest BCUT2D eigenvalue weighted by atomic mass is 10.1. The van der Waals surface area contributed by atoms with Gasteiger partial charge in [0.1, 0.15) is 5.82 Å². The first-order valence-corrected chi connectivity index (χ1v) is 6.38. The number of aromatic nitrogens is 5. The van der Waals surface area contributed by atoms with Crippen LogP contribution in [0.1, 0.15) is 17.0 Å². The summed E-state index contributed by atoms with van der Waals surface area (Å²) in [7, 11) is 0. The Balaban J connectivity index is 1.87. The number of nitrogens with one attached hydrogen (secondary N) is 1. The third-order valence-electron chi connectivity index (χ3n) is 3.11. The van der Waals surface area contributed by atoms with Crippen LogP contribution in [0.4, 0.5) is 19.0 Å². The van der Waals surface area contributed by atoms with E-state index in [4.69, 9.17) is 0 Å². The van der Waals surface area contributed by atoms with E-state index in [0.29, 0.717) is 16.9 Å². The summed E-state index contributed by atoms with van der Waals surface area (Å²) >= 11 is 0. The molecule has 0 amide bonds. The van der Waals surface area contributed by atoms with E-state index in [1.54, 1.807) is 18.5 Å². The van der Waals surface area contributed by atoms with Gasteiger partial charge in [0.25, 0.3) is 5.82 Å². The second kappa shape index (κ2) is 5.24. The normalized spacial score (nSPS) is 11.8. The van der Waals surface area contributed by atoms with Crippen molar-refractivity contribution < 1.29 is 13.2 Å². The summed E-state index contributed by atoms with van der Waals surface area (Å²) in [5.74, 6) is -0.847. The van der Waals surface area contributed by atoms with Crippen LogP contribution in [0.25, 0.3) is 5.65 Å². The largest absolute Gasteiger partial charge is 0.453 e. The van der Waals surface area contributed by atoms with Crippen molar-refractivity contribution in [2.45, 2.75) is 19.6 Å². The smallest absolute Gasteiger partial charge is 0.365 e. The molecule has 3 heterocycles. The highest BCUT2D eigenvalue weighted by Crippen LogP contribution is 2.27. The van der Waals surface area contributed by atoms with Crippen LogP contribution in [-0.4, -0.2) is 24.8 Å². The Labute approximate surface area is 123 Å². The Morgan fingerprint density at radius 3 is 2.73 bits per heavy atom. The highest BCUT2D eigenvalue weighted by Gasteiger charge is 2.37. The Morgan fingerprint density at radius 1 is 1.18 bits per heavy atom. The molecule has 0 atom stereocenters. The number of halogens is 3. The zero-order valence-electron chi connectivity index (χ0n) is 11.5. The van der Waals surface area contributed by atoms with E-state index < -0.39 is 12.0 Å². The SMILES string of the molecule is Cc1cnccc1CNc1ccc2nnc(C(F)(F)F)n2n1. The maximum Gasteiger partial charge on any atom is 0.453 e. The molecular weight excluding hydrogens is 297 g/mol. The van der Waals surface area contributed by atoms with E-state index in [9.17, 15) is 13.2 Å². The van der Waals surface area contributed by atoms with Gasteiger partial charge in [-0.05, 0) is 36.2 Å². The number of rotatable bonds is 3. The molecule has 114 valence electrons.